The molecule has 114 valence electrons. The molecule has 1 aromatic heterocycles. The van der Waals surface area contributed by atoms with Gasteiger partial charge < -0.3 is 14.8 Å². The van der Waals surface area contributed by atoms with Crippen LogP contribution in [0.15, 0.2) is 24.3 Å². The van der Waals surface area contributed by atoms with Gasteiger partial charge in [0.15, 0.2) is 0 Å². The third-order valence-electron chi connectivity index (χ3n) is 4.63. The molecule has 1 saturated heterocycles. The highest BCUT2D eigenvalue weighted by molar-refractivity contribution is 5.78. The average Bonchev–Trinajstić information content (AvgIpc) is 2.82. The summed E-state index contributed by atoms with van der Waals surface area (Å²) in [4.78, 5) is 7.27. The van der Waals surface area contributed by atoms with Crippen LogP contribution in [0.2, 0.25) is 0 Å². The first-order valence-electron chi connectivity index (χ1n) is 8.15. The number of aromatic nitrogens is 2. The molecular formula is C17H26N4. The Morgan fingerprint density at radius 3 is 2.95 bits per heavy atom. The number of nitrogens with one attached hydrogen (secondary N) is 1. The molecule has 1 unspecified atom stereocenters. The Labute approximate surface area is 127 Å². The summed E-state index contributed by atoms with van der Waals surface area (Å²) in [6, 6.07) is 9.04. The van der Waals surface area contributed by atoms with E-state index in [0.717, 1.165) is 24.1 Å². The van der Waals surface area contributed by atoms with Crippen molar-refractivity contribution in [1.29, 1.82) is 0 Å². The second-order valence-corrected chi connectivity index (χ2v) is 6.14. The quantitative estimate of drug-likeness (QED) is 0.857. The first-order valence-corrected chi connectivity index (χ1v) is 8.15. The van der Waals surface area contributed by atoms with Crippen LogP contribution in [0.1, 0.15) is 32.6 Å². The number of imidazole rings is 1. The maximum atomic E-state index is 4.65. The van der Waals surface area contributed by atoms with E-state index < -0.39 is 0 Å². The number of hydrogen-bond donors (Lipinski definition) is 1. The number of aryl methyl sites for hydroxylation is 1. The number of hydrogen-bond acceptors (Lipinski definition) is 3. The highest BCUT2D eigenvalue weighted by atomic mass is 15.2. The van der Waals surface area contributed by atoms with Crippen molar-refractivity contribution in [3.05, 3.63) is 24.3 Å². The van der Waals surface area contributed by atoms with E-state index in [9.17, 15) is 0 Å². The summed E-state index contributed by atoms with van der Waals surface area (Å²) in [7, 11) is 2.07. The third-order valence-corrected chi connectivity index (χ3v) is 4.63. The normalized spacial score (nSPS) is 20.0. The first kappa shape index (κ1) is 14.4. The number of benzene rings is 1. The fraction of sp³-hybridized carbons (Fsp3) is 0.588. The number of para-hydroxylation sites is 2. The van der Waals surface area contributed by atoms with E-state index in [1.807, 2.05) is 6.07 Å². The molecule has 0 bridgehead atoms. The van der Waals surface area contributed by atoms with Crippen molar-refractivity contribution in [3.63, 3.8) is 0 Å². The summed E-state index contributed by atoms with van der Waals surface area (Å²) in [6.07, 6.45) is 5.30. The van der Waals surface area contributed by atoms with Crippen LogP contribution in [0, 0.1) is 0 Å². The van der Waals surface area contributed by atoms with Crippen LogP contribution in [0.25, 0.3) is 11.0 Å². The smallest absolute Gasteiger partial charge is 0.203 e. The molecule has 4 heteroatoms. The van der Waals surface area contributed by atoms with Gasteiger partial charge in [-0.15, -0.1) is 0 Å². The lowest BCUT2D eigenvalue weighted by Crippen LogP contribution is -2.38. The summed E-state index contributed by atoms with van der Waals surface area (Å²) in [5, 5.41) is 3.48. The summed E-state index contributed by atoms with van der Waals surface area (Å²) in [6.45, 7) is 5.81. The number of nitrogens with zero attached hydrogens (tertiary/aromatic N) is 3. The SMILES string of the molecule is CC1CCCCN1CCCNc1nc2ccccc2n1C. The first-order chi connectivity index (χ1) is 10.3. The van der Waals surface area contributed by atoms with Crippen LogP contribution in [-0.2, 0) is 7.05 Å². The number of rotatable bonds is 5. The molecule has 4 nitrogen and oxygen atoms in total. The van der Waals surface area contributed by atoms with Gasteiger partial charge in [0.2, 0.25) is 5.95 Å². The zero-order valence-corrected chi connectivity index (χ0v) is 13.2. The molecule has 1 aromatic carbocycles. The maximum Gasteiger partial charge on any atom is 0.203 e. The van der Waals surface area contributed by atoms with Crippen molar-refractivity contribution in [3.8, 4) is 0 Å². The van der Waals surface area contributed by atoms with Crippen LogP contribution < -0.4 is 5.32 Å². The van der Waals surface area contributed by atoms with Crippen LogP contribution in [0.5, 0.6) is 0 Å². The fourth-order valence-corrected chi connectivity index (χ4v) is 3.28. The Morgan fingerprint density at radius 1 is 1.29 bits per heavy atom. The molecule has 3 rings (SSSR count). The molecule has 21 heavy (non-hydrogen) atoms. The summed E-state index contributed by atoms with van der Waals surface area (Å²) >= 11 is 0. The molecule has 0 radical (unpaired) electrons. The van der Waals surface area contributed by atoms with E-state index >= 15 is 0 Å². The summed E-state index contributed by atoms with van der Waals surface area (Å²) in [5.74, 6) is 0.975. The van der Waals surface area contributed by atoms with Gasteiger partial charge in [-0.05, 0) is 44.9 Å². The Bertz CT molecular complexity index is 589. The third kappa shape index (κ3) is 3.21. The van der Waals surface area contributed by atoms with E-state index in [-0.39, 0.29) is 0 Å². The zero-order valence-electron chi connectivity index (χ0n) is 13.2. The van der Waals surface area contributed by atoms with Gasteiger partial charge in [-0.1, -0.05) is 18.6 Å². The lowest BCUT2D eigenvalue weighted by molar-refractivity contribution is 0.160. The zero-order chi connectivity index (χ0) is 14.7. The largest absolute Gasteiger partial charge is 0.356 e. The highest BCUT2D eigenvalue weighted by Gasteiger charge is 2.17. The van der Waals surface area contributed by atoms with Crippen molar-refractivity contribution in [2.24, 2.45) is 7.05 Å². The van der Waals surface area contributed by atoms with Crippen molar-refractivity contribution in [2.45, 2.75) is 38.6 Å². The molecule has 1 aliphatic rings. The summed E-state index contributed by atoms with van der Waals surface area (Å²) in [5.41, 5.74) is 2.25. The Kier molecular flexibility index (Phi) is 4.44. The minimum absolute atomic E-state index is 0.759. The van der Waals surface area contributed by atoms with Crippen LogP contribution in [0.3, 0.4) is 0 Å². The molecule has 0 amide bonds. The van der Waals surface area contributed by atoms with E-state index in [1.165, 1.54) is 44.3 Å². The van der Waals surface area contributed by atoms with Gasteiger partial charge in [0.25, 0.3) is 0 Å². The molecule has 2 heterocycles. The van der Waals surface area contributed by atoms with Gasteiger partial charge in [0.05, 0.1) is 11.0 Å². The van der Waals surface area contributed by atoms with Gasteiger partial charge in [-0.25, -0.2) is 4.98 Å². The van der Waals surface area contributed by atoms with E-state index in [4.69, 9.17) is 0 Å². The Balaban J connectivity index is 1.51. The van der Waals surface area contributed by atoms with Crippen molar-refractivity contribution in [2.75, 3.05) is 25.0 Å². The van der Waals surface area contributed by atoms with Gasteiger partial charge in [0.1, 0.15) is 0 Å². The molecule has 2 aromatic rings. The number of likely N-dealkylation sites (tertiary alicyclic amines) is 1. The van der Waals surface area contributed by atoms with Crippen LogP contribution in [0.4, 0.5) is 5.95 Å². The molecule has 0 spiro atoms. The van der Waals surface area contributed by atoms with Crippen molar-refractivity contribution in [1.82, 2.24) is 14.5 Å². The fourth-order valence-electron chi connectivity index (χ4n) is 3.28. The minimum Gasteiger partial charge on any atom is -0.356 e. The minimum atomic E-state index is 0.759. The number of fused-ring (bicyclic) bond motifs is 1. The second-order valence-electron chi connectivity index (χ2n) is 6.14. The molecule has 1 atom stereocenters. The van der Waals surface area contributed by atoms with Gasteiger partial charge in [-0.2, -0.15) is 0 Å². The molecule has 0 aliphatic carbocycles. The lowest BCUT2D eigenvalue weighted by Gasteiger charge is -2.33. The van der Waals surface area contributed by atoms with E-state index in [0.29, 0.717) is 0 Å². The monoisotopic (exact) mass is 286 g/mol. The Morgan fingerprint density at radius 2 is 2.14 bits per heavy atom. The molecule has 1 N–H and O–H groups in total. The highest BCUT2D eigenvalue weighted by Crippen LogP contribution is 2.18. The van der Waals surface area contributed by atoms with Crippen molar-refractivity contribution >= 4 is 17.0 Å². The number of anilines is 1. The topological polar surface area (TPSA) is 33.1 Å². The van der Waals surface area contributed by atoms with Gasteiger partial charge in [0, 0.05) is 26.2 Å². The second kappa shape index (κ2) is 6.48. The molecule has 1 fully saturated rings. The predicted molar refractivity (Wildman–Crippen MR) is 88.7 cm³/mol. The predicted octanol–water partition coefficient (Wildman–Crippen LogP) is 3.25. The van der Waals surface area contributed by atoms with Gasteiger partial charge >= 0.3 is 0 Å². The molecule has 0 saturated carbocycles. The standard InChI is InChI=1S/C17H26N4/c1-14-8-5-6-12-21(14)13-7-11-18-17-19-15-9-3-4-10-16(15)20(17)2/h3-4,9-10,14H,5-8,11-13H2,1-2H3,(H,18,19). The van der Waals surface area contributed by atoms with Crippen molar-refractivity contribution < 1.29 is 0 Å². The molecular weight excluding hydrogens is 260 g/mol. The van der Waals surface area contributed by atoms with Crippen LogP contribution >= 0.6 is 0 Å². The van der Waals surface area contributed by atoms with E-state index in [2.05, 4.69) is 51.9 Å². The maximum absolute atomic E-state index is 4.65. The lowest BCUT2D eigenvalue weighted by atomic mass is 10.0. The Hall–Kier alpha value is -1.55. The van der Waals surface area contributed by atoms with E-state index in [1.54, 1.807) is 0 Å². The van der Waals surface area contributed by atoms with Crippen LogP contribution in [-0.4, -0.2) is 40.1 Å². The van der Waals surface area contributed by atoms with Gasteiger partial charge in [-0.3, -0.25) is 0 Å². The molecule has 1 aliphatic heterocycles. The summed E-state index contributed by atoms with van der Waals surface area (Å²) < 4.78 is 2.14. The average molecular weight is 286 g/mol. The number of piperidine rings is 1.